The molecule has 1 amide bonds. The Morgan fingerprint density at radius 3 is 2.81 bits per heavy atom. The van der Waals surface area contributed by atoms with Crippen LogP contribution in [0.5, 0.6) is 0 Å². The summed E-state index contributed by atoms with van der Waals surface area (Å²) in [6.45, 7) is 5.09. The molecular formula is C19H22ClFN4O2. The van der Waals surface area contributed by atoms with Crippen LogP contribution in [-0.4, -0.2) is 42.2 Å². The largest absolute Gasteiger partial charge is 0.378 e. The molecule has 8 heteroatoms. The quantitative estimate of drug-likeness (QED) is 0.818. The second kappa shape index (κ2) is 9.10. The van der Waals surface area contributed by atoms with Gasteiger partial charge in [-0.15, -0.1) is 0 Å². The van der Waals surface area contributed by atoms with Gasteiger partial charge < -0.3 is 15.0 Å². The van der Waals surface area contributed by atoms with Gasteiger partial charge in [-0.3, -0.25) is 4.79 Å². The molecule has 1 aliphatic heterocycles. The molecule has 1 aromatic carbocycles. The number of hydrogen-bond acceptors (Lipinski definition) is 5. The molecule has 0 spiro atoms. The van der Waals surface area contributed by atoms with Crippen molar-refractivity contribution in [2.24, 2.45) is 0 Å². The minimum absolute atomic E-state index is 0.0695. The summed E-state index contributed by atoms with van der Waals surface area (Å²) in [6, 6.07) is 6.36. The van der Waals surface area contributed by atoms with Crippen LogP contribution in [0.2, 0.25) is 5.02 Å². The molecule has 0 saturated carbocycles. The number of rotatable bonds is 6. The third-order valence-electron chi connectivity index (χ3n) is 4.28. The van der Waals surface area contributed by atoms with E-state index in [-0.39, 0.29) is 10.9 Å². The number of ether oxygens (including phenoxy) is 1. The Hall–Kier alpha value is -2.25. The Labute approximate surface area is 162 Å². The number of morpholine rings is 1. The van der Waals surface area contributed by atoms with Crippen molar-refractivity contribution >= 4 is 23.5 Å². The zero-order valence-electron chi connectivity index (χ0n) is 15.2. The van der Waals surface area contributed by atoms with E-state index < -0.39 is 5.82 Å². The van der Waals surface area contributed by atoms with Gasteiger partial charge in [0.25, 0.3) is 0 Å². The smallest absolute Gasteiger partial charge is 0.225 e. The zero-order valence-corrected chi connectivity index (χ0v) is 15.9. The molecule has 2 heterocycles. The van der Waals surface area contributed by atoms with Gasteiger partial charge in [-0.25, -0.2) is 14.4 Å². The maximum atomic E-state index is 13.2. The normalized spacial score (nSPS) is 14.3. The van der Waals surface area contributed by atoms with Gasteiger partial charge in [-0.1, -0.05) is 17.7 Å². The maximum absolute atomic E-state index is 13.2. The second-order valence-electron chi connectivity index (χ2n) is 6.43. The summed E-state index contributed by atoms with van der Waals surface area (Å²) < 4.78 is 18.5. The molecule has 1 N–H and O–H groups in total. The molecular weight excluding hydrogens is 371 g/mol. The summed E-state index contributed by atoms with van der Waals surface area (Å²) in [5.41, 5.74) is 2.45. The highest BCUT2D eigenvalue weighted by Crippen LogP contribution is 2.17. The number of aryl methyl sites for hydroxylation is 2. The number of nitrogens with one attached hydrogen (secondary N) is 1. The van der Waals surface area contributed by atoms with Crippen LogP contribution in [0.25, 0.3) is 0 Å². The van der Waals surface area contributed by atoms with Crippen molar-refractivity contribution in [3.8, 4) is 0 Å². The molecule has 144 valence electrons. The number of amides is 1. The van der Waals surface area contributed by atoms with Crippen LogP contribution in [-0.2, 0) is 22.5 Å². The van der Waals surface area contributed by atoms with Gasteiger partial charge in [0.2, 0.25) is 11.9 Å². The number of halogens is 2. The topological polar surface area (TPSA) is 67.4 Å². The summed E-state index contributed by atoms with van der Waals surface area (Å²) in [7, 11) is 0. The molecule has 1 aromatic heterocycles. The minimum Gasteiger partial charge on any atom is -0.378 e. The van der Waals surface area contributed by atoms with Gasteiger partial charge in [0.1, 0.15) is 5.82 Å². The van der Waals surface area contributed by atoms with Crippen molar-refractivity contribution < 1.29 is 13.9 Å². The summed E-state index contributed by atoms with van der Waals surface area (Å²) in [4.78, 5) is 23.2. The van der Waals surface area contributed by atoms with E-state index in [0.717, 1.165) is 30.0 Å². The fourth-order valence-electron chi connectivity index (χ4n) is 2.84. The Balaban J connectivity index is 1.53. The van der Waals surface area contributed by atoms with Crippen molar-refractivity contribution in [3.05, 3.63) is 52.1 Å². The first-order valence-electron chi connectivity index (χ1n) is 8.89. The van der Waals surface area contributed by atoms with E-state index in [1.807, 2.05) is 13.0 Å². The number of benzene rings is 1. The molecule has 1 aliphatic rings. The fraction of sp³-hybridized carbons (Fsp3) is 0.421. The van der Waals surface area contributed by atoms with Crippen molar-refractivity contribution in [1.29, 1.82) is 0 Å². The molecule has 6 nitrogen and oxygen atoms in total. The summed E-state index contributed by atoms with van der Waals surface area (Å²) in [5.74, 6) is 0.114. The van der Waals surface area contributed by atoms with E-state index in [2.05, 4.69) is 20.2 Å². The minimum atomic E-state index is -0.458. The highest BCUT2D eigenvalue weighted by Gasteiger charge is 2.15. The summed E-state index contributed by atoms with van der Waals surface area (Å²) in [5, 5.41) is 2.94. The third kappa shape index (κ3) is 5.61. The van der Waals surface area contributed by atoms with Gasteiger partial charge in [0.05, 0.1) is 30.5 Å². The molecule has 1 fully saturated rings. The molecule has 1 saturated heterocycles. The van der Waals surface area contributed by atoms with Crippen molar-refractivity contribution in [3.63, 3.8) is 0 Å². The van der Waals surface area contributed by atoms with Crippen LogP contribution in [0.15, 0.2) is 24.3 Å². The number of aromatic nitrogens is 2. The number of carbonyl (C=O) groups is 1. The summed E-state index contributed by atoms with van der Waals surface area (Å²) >= 11 is 5.76. The van der Waals surface area contributed by atoms with E-state index in [1.165, 1.54) is 6.07 Å². The average molecular weight is 393 g/mol. The average Bonchev–Trinajstić information content (AvgIpc) is 2.67. The highest BCUT2D eigenvalue weighted by molar-refractivity contribution is 6.30. The SMILES string of the molecule is Cc1cc(CNC(=O)CCc2ccc(F)c(Cl)c2)nc(N2CCOCC2)n1. The van der Waals surface area contributed by atoms with E-state index >= 15 is 0 Å². The number of carbonyl (C=O) groups excluding carboxylic acids is 1. The first-order valence-corrected chi connectivity index (χ1v) is 9.27. The molecule has 3 rings (SSSR count). The van der Waals surface area contributed by atoms with Gasteiger partial charge in [-0.05, 0) is 37.1 Å². The lowest BCUT2D eigenvalue weighted by molar-refractivity contribution is -0.121. The molecule has 0 unspecified atom stereocenters. The first kappa shape index (κ1) is 19.5. The molecule has 0 aliphatic carbocycles. The molecule has 27 heavy (non-hydrogen) atoms. The van der Waals surface area contributed by atoms with E-state index in [0.29, 0.717) is 38.5 Å². The lowest BCUT2D eigenvalue weighted by Crippen LogP contribution is -2.37. The van der Waals surface area contributed by atoms with Crippen molar-refractivity contribution in [2.45, 2.75) is 26.3 Å². The van der Waals surface area contributed by atoms with Crippen LogP contribution in [0.1, 0.15) is 23.4 Å². The predicted molar refractivity (Wildman–Crippen MR) is 101 cm³/mol. The third-order valence-corrected chi connectivity index (χ3v) is 4.57. The van der Waals surface area contributed by atoms with Crippen LogP contribution < -0.4 is 10.2 Å². The monoisotopic (exact) mass is 392 g/mol. The van der Waals surface area contributed by atoms with Crippen LogP contribution in [0.3, 0.4) is 0 Å². The Bertz CT molecular complexity index is 812. The van der Waals surface area contributed by atoms with Gasteiger partial charge >= 0.3 is 0 Å². The van der Waals surface area contributed by atoms with Gasteiger partial charge in [0.15, 0.2) is 0 Å². The van der Waals surface area contributed by atoms with Crippen molar-refractivity contribution in [2.75, 3.05) is 31.2 Å². The fourth-order valence-corrected chi connectivity index (χ4v) is 3.05. The van der Waals surface area contributed by atoms with E-state index in [4.69, 9.17) is 16.3 Å². The molecule has 0 radical (unpaired) electrons. The number of anilines is 1. The second-order valence-corrected chi connectivity index (χ2v) is 6.83. The van der Waals surface area contributed by atoms with E-state index in [9.17, 15) is 9.18 Å². The molecule has 0 bridgehead atoms. The Morgan fingerprint density at radius 2 is 2.07 bits per heavy atom. The van der Waals surface area contributed by atoms with E-state index in [1.54, 1.807) is 12.1 Å². The number of hydrogen-bond donors (Lipinski definition) is 1. The zero-order chi connectivity index (χ0) is 19.2. The Kier molecular flexibility index (Phi) is 6.58. The number of nitrogens with zero attached hydrogens (tertiary/aromatic N) is 3. The van der Waals surface area contributed by atoms with Crippen LogP contribution in [0, 0.1) is 12.7 Å². The molecule has 0 atom stereocenters. The highest BCUT2D eigenvalue weighted by atomic mass is 35.5. The lowest BCUT2D eigenvalue weighted by Gasteiger charge is -2.27. The van der Waals surface area contributed by atoms with Crippen LogP contribution in [0.4, 0.5) is 10.3 Å². The summed E-state index contributed by atoms with van der Waals surface area (Å²) in [6.07, 6.45) is 0.788. The van der Waals surface area contributed by atoms with Crippen LogP contribution >= 0.6 is 11.6 Å². The molecule has 2 aromatic rings. The van der Waals surface area contributed by atoms with Gasteiger partial charge in [0, 0.05) is 25.2 Å². The van der Waals surface area contributed by atoms with Gasteiger partial charge in [-0.2, -0.15) is 0 Å². The maximum Gasteiger partial charge on any atom is 0.225 e. The van der Waals surface area contributed by atoms with Crippen molar-refractivity contribution in [1.82, 2.24) is 15.3 Å². The lowest BCUT2D eigenvalue weighted by atomic mass is 10.1. The Morgan fingerprint density at radius 1 is 1.30 bits per heavy atom. The standard InChI is InChI=1S/C19H22ClFN4O2/c1-13-10-15(24-19(23-13)25-6-8-27-9-7-25)12-22-18(26)5-3-14-2-4-17(21)16(20)11-14/h2,4,10-11H,3,5-9,12H2,1H3,(H,22,26). The predicted octanol–water partition coefficient (Wildman–Crippen LogP) is 2.66. The first-order chi connectivity index (χ1) is 13.0.